The van der Waals surface area contributed by atoms with Crippen molar-refractivity contribution >= 4 is 15.7 Å². The average Bonchev–Trinajstić information content (AvgIpc) is 2.34. The second-order valence-corrected chi connectivity index (χ2v) is 6.96. The first-order chi connectivity index (χ1) is 8.84. The van der Waals surface area contributed by atoms with Gasteiger partial charge in [-0.3, -0.25) is 0 Å². The molecule has 0 aromatic heterocycles. The molecule has 106 valence electrons. The zero-order chi connectivity index (χ0) is 14.2. The molecular weight excluding hydrogens is 267 g/mol. The quantitative estimate of drug-likeness (QED) is 0.848. The van der Waals surface area contributed by atoms with Crippen LogP contribution < -0.4 is 5.73 Å². The molecule has 0 aliphatic carbocycles. The van der Waals surface area contributed by atoms with E-state index in [1.807, 2.05) is 6.92 Å². The van der Waals surface area contributed by atoms with Gasteiger partial charge in [-0.25, -0.2) is 12.8 Å². The molecule has 0 spiro atoms. The lowest BCUT2D eigenvalue weighted by Crippen LogP contribution is -2.42. The molecule has 0 bridgehead atoms. The Morgan fingerprint density at radius 1 is 1.37 bits per heavy atom. The van der Waals surface area contributed by atoms with E-state index in [2.05, 4.69) is 0 Å². The SMILES string of the molecule is Cc1cc(F)c(N)cc1S(=O)(=O)N1CCCCC1C. The van der Waals surface area contributed by atoms with Crippen molar-refractivity contribution in [3.8, 4) is 0 Å². The van der Waals surface area contributed by atoms with Crippen molar-refractivity contribution in [1.29, 1.82) is 0 Å². The van der Waals surface area contributed by atoms with Crippen molar-refractivity contribution < 1.29 is 12.8 Å². The first-order valence-electron chi connectivity index (χ1n) is 6.41. The van der Waals surface area contributed by atoms with Gasteiger partial charge in [0.1, 0.15) is 5.82 Å². The van der Waals surface area contributed by atoms with Gasteiger partial charge in [-0.05, 0) is 44.4 Å². The van der Waals surface area contributed by atoms with Gasteiger partial charge in [-0.2, -0.15) is 4.31 Å². The average molecular weight is 286 g/mol. The smallest absolute Gasteiger partial charge is 0.243 e. The number of hydrogen-bond donors (Lipinski definition) is 1. The minimum absolute atomic E-state index is 0.0237. The molecule has 1 fully saturated rings. The van der Waals surface area contributed by atoms with Crippen LogP contribution in [0.25, 0.3) is 0 Å². The lowest BCUT2D eigenvalue weighted by molar-refractivity contribution is 0.268. The minimum Gasteiger partial charge on any atom is -0.396 e. The molecule has 19 heavy (non-hydrogen) atoms. The van der Waals surface area contributed by atoms with Crippen molar-refractivity contribution in [3.05, 3.63) is 23.5 Å². The van der Waals surface area contributed by atoms with Gasteiger partial charge in [-0.1, -0.05) is 6.42 Å². The van der Waals surface area contributed by atoms with Crippen LogP contribution in [0.5, 0.6) is 0 Å². The van der Waals surface area contributed by atoms with Crippen LogP contribution in [0.1, 0.15) is 31.7 Å². The third-order valence-corrected chi connectivity index (χ3v) is 5.78. The van der Waals surface area contributed by atoms with Crippen molar-refractivity contribution in [2.75, 3.05) is 12.3 Å². The number of nitrogen functional groups attached to an aromatic ring is 1. The van der Waals surface area contributed by atoms with E-state index < -0.39 is 15.8 Å². The minimum atomic E-state index is -3.59. The molecule has 0 amide bonds. The van der Waals surface area contributed by atoms with Crippen LogP contribution >= 0.6 is 0 Å². The molecule has 1 atom stereocenters. The Kier molecular flexibility index (Phi) is 3.82. The molecule has 1 aliphatic heterocycles. The number of benzene rings is 1. The van der Waals surface area contributed by atoms with Gasteiger partial charge in [0, 0.05) is 12.6 Å². The molecule has 1 unspecified atom stereocenters. The maximum Gasteiger partial charge on any atom is 0.243 e. The van der Waals surface area contributed by atoms with E-state index in [4.69, 9.17) is 5.73 Å². The second kappa shape index (κ2) is 5.09. The van der Waals surface area contributed by atoms with E-state index in [1.54, 1.807) is 6.92 Å². The van der Waals surface area contributed by atoms with Crippen LogP contribution in [0.3, 0.4) is 0 Å². The first kappa shape index (κ1) is 14.3. The number of halogens is 1. The molecular formula is C13H19FN2O2S. The Morgan fingerprint density at radius 3 is 2.68 bits per heavy atom. The fourth-order valence-corrected chi connectivity index (χ4v) is 4.44. The Balaban J connectivity index is 2.47. The van der Waals surface area contributed by atoms with E-state index in [0.29, 0.717) is 12.1 Å². The van der Waals surface area contributed by atoms with Crippen LogP contribution in [0, 0.1) is 12.7 Å². The largest absolute Gasteiger partial charge is 0.396 e. The van der Waals surface area contributed by atoms with Crippen LogP contribution in [0.4, 0.5) is 10.1 Å². The second-order valence-electron chi connectivity index (χ2n) is 5.10. The topological polar surface area (TPSA) is 63.4 Å². The summed E-state index contributed by atoms with van der Waals surface area (Å²) in [6, 6.07) is 2.38. The molecule has 1 heterocycles. The third-order valence-electron chi connectivity index (χ3n) is 3.62. The molecule has 1 aliphatic rings. The molecule has 1 aromatic carbocycles. The summed E-state index contributed by atoms with van der Waals surface area (Å²) in [6.45, 7) is 4.00. The molecule has 0 saturated carbocycles. The van der Waals surface area contributed by atoms with E-state index >= 15 is 0 Å². The van der Waals surface area contributed by atoms with Crippen LogP contribution in [-0.4, -0.2) is 25.3 Å². The summed E-state index contributed by atoms with van der Waals surface area (Å²) >= 11 is 0. The van der Waals surface area contributed by atoms with Gasteiger partial charge < -0.3 is 5.73 Å². The molecule has 4 nitrogen and oxygen atoms in total. The summed E-state index contributed by atoms with van der Waals surface area (Å²) < 4.78 is 40.1. The van der Waals surface area contributed by atoms with Crippen molar-refractivity contribution in [2.45, 2.75) is 44.0 Å². The number of anilines is 1. The third kappa shape index (κ3) is 2.60. The number of piperidine rings is 1. The van der Waals surface area contributed by atoms with E-state index in [0.717, 1.165) is 19.3 Å². The Labute approximate surface area is 113 Å². The lowest BCUT2D eigenvalue weighted by atomic mass is 10.1. The lowest BCUT2D eigenvalue weighted by Gasteiger charge is -2.32. The Bertz CT molecular complexity index is 587. The molecule has 2 rings (SSSR count). The standard InChI is InChI=1S/C13H19FN2O2S/c1-9-7-11(14)12(15)8-13(9)19(17,18)16-6-4-3-5-10(16)2/h7-8,10H,3-6,15H2,1-2H3. The fraction of sp³-hybridized carbons (Fsp3) is 0.538. The zero-order valence-corrected chi connectivity index (χ0v) is 12.0. The molecule has 6 heteroatoms. The van der Waals surface area contributed by atoms with Gasteiger partial charge in [0.05, 0.1) is 10.6 Å². The summed E-state index contributed by atoms with van der Waals surface area (Å²) in [5.41, 5.74) is 5.75. The molecule has 1 aromatic rings. The maximum atomic E-state index is 13.3. The number of aryl methyl sites for hydroxylation is 1. The van der Waals surface area contributed by atoms with Crippen molar-refractivity contribution in [2.24, 2.45) is 0 Å². The molecule has 2 N–H and O–H groups in total. The highest BCUT2D eigenvalue weighted by atomic mass is 32.2. The summed E-state index contributed by atoms with van der Waals surface area (Å²) in [5.74, 6) is -0.580. The summed E-state index contributed by atoms with van der Waals surface area (Å²) in [5, 5.41) is 0. The van der Waals surface area contributed by atoms with E-state index in [1.165, 1.54) is 16.4 Å². The van der Waals surface area contributed by atoms with Gasteiger partial charge in [0.15, 0.2) is 0 Å². The predicted molar refractivity (Wildman–Crippen MR) is 72.8 cm³/mol. The highest BCUT2D eigenvalue weighted by Crippen LogP contribution is 2.29. The van der Waals surface area contributed by atoms with E-state index in [-0.39, 0.29) is 16.6 Å². The monoisotopic (exact) mass is 286 g/mol. The van der Waals surface area contributed by atoms with E-state index in [9.17, 15) is 12.8 Å². The summed E-state index contributed by atoms with van der Waals surface area (Å²) in [4.78, 5) is 0.111. The fourth-order valence-electron chi connectivity index (χ4n) is 2.50. The predicted octanol–water partition coefficient (Wildman–Crippen LogP) is 2.28. The molecule has 1 saturated heterocycles. The highest BCUT2D eigenvalue weighted by molar-refractivity contribution is 7.89. The normalized spacial score (nSPS) is 21.5. The van der Waals surface area contributed by atoms with Gasteiger partial charge in [0.25, 0.3) is 0 Å². The van der Waals surface area contributed by atoms with Crippen LogP contribution in [0.15, 0.2) is 17.0 Å². The number of hydrogen-bond acceptors (Lipinski definition) is 3. The van der Waals surface area contributed by atoms with Gasteiger partial charge in [0.2, 0.25) is 10.0 Å². The van der Waals surface area contributed by atoms with Gasteiger partial charge in [-0.15, -0.1) is 0 Å². The summed E-state index contributed by atoms with van der Waals surface area (Å²) in [6.07, 6.45) is 2.76. The summed E-state index contributed by atoms with van der Waals surface area (Å²) in [7, 11) is -3.59. The highest BCUT2D eigenvalue weighted by Gasteiger charge is 2.32. The number of nitrogens with two attached hydrogens (primary N) is 1. The van der Waals surface area contributed by atoms with Crippen molar-refractivity contribution in [3.63, 3.8) is 0 Å². The Hall–Kier alpha value is -1.14. The van der Waals surface area contributed by atoms with Crippen LogP contribution in [-0.2, 0) is 10.0 Å². The zero-order valence-electron chi connectivity index (χ0n) is 11.2. The number of nitrogens with zero attached hydrogens (tertiary/aromatic N) is 1. The first-order valence-corrected chi connectivity index (χ1v) is 7.85. The van der Waals surface area contributed by atoms with Crippen LogP contribution in [0.2, 0.25) is 0 Å². The number of sulfonamides is 1. The number of rotatable bonds is 2. The molecule has 0 radical (unpaired) electrons. The van der Waals surface area contributed by atoms with Gasteiger partial charge >= 0.3 is 0 Å². The maximum absolute atomic E-state index is 13.3. The Morgan fingerprint density at radius 2 is 2.05 bits per heavy atom. The van der Waals surface area contributed by atoms with Crippen molar-refractivity contribution in [1.82, 2.24) is 4.31 Å².